The molecule has 1 aromatic carbocycles. The largest absolute Gasteiger partial charge is 0.389 e. The minimum atomic E-state index is -0.568. The van der Waals surface area contributed by atoms with Crippen LogP contribution in [0.25, 0.3) is 0 Å². The van der Waals surface area contributed by atoms with Crippen LogP contribution in [0.3, 0.4) is 0 Å². The monoisotopic (exact) mass is 329 g/mol. The summed E-state index contributed by atoms with van der Waals surface area (Å²) in [6.45, 7) is 4.99. The second kappa shape index (κ2) is 7.32. The lowest BCUT2D eigenvalue weighted by Gasteiger charge is -2.37. The molecule has 3 atom stereocenters. The Morgan fingerprint density at radius 1 is 1.38 bits per heavy atom. The highest BCUT2D eigenvalue weighted by molar-refractivity contribution is 6.42. The molecule has 0 saturated heterocycles. The van der Waals surface area contributed by atoms with Crippen LogP contribution in [0.1, 0.15) is 57.6 Å². The third kappa shape index (κ3) is 4.59. The lowest BCUT2D eigenvalue weighted by molar-refractivity contribution is -0.0138. The minimum absolute atomic E-state index is 0.195. The van der Waals surface area contributed by atoms with Gasteiger partial charge in [-0.2, -0.15) is 0 Å². The van der Waals surface area contributed by atoms with Crippen LogP contribution in [0.2, 0.25) is 10.0 Å². The summed E-state index contributed by atoms with van der Waals surface area (Å²) in [6.07, 6.45) is 5.07. The molecule has 2 nitrogen and oxygen atoms in total. The Kier molecular flexibility index (Phi) is 5.96. The minimum Gasteiger partial charge on any atom is -0.389 e. The van der Waals surface area contributed by atoms with E-state index in [1.54, 1.807) is 0 Å². The van der Waals surface area contributed by atoms with Gasteiger partial charge < -0.3 is 10.4 Å². The second-order valence-electron chi connectivity index (χ2n) is 6.44. The van der Waals surface area contributed by atoms with E-state index in [-0.39, 0.29) is 6.04 Å². The standard InChI is InChI=1S/C17H25Cl2NO/c1-3-16(13-6-7-14(18)15(19)9-13)20-11-17(21)8-4-5-12(2)10-17/h6-7,9,12,16,20-21H,3-5,8,10-11H2,1-2H3. The van der Waals surface area contributed by atoms with Gasteiger partial charge in [0.25, 0.3) is 0 Å². The third-order valence-corrected chi connectivity index (χ3v) is 5.24. The first-order chi connectivity index (χ1) is 9.93. The molecule has 0 radical (unpaired) electrons. The number of nitrogens with one attached hydrogen (secondary N) is 1. The van der Waals surface area contributed by atoms with Gasteiger partial charge in [0.15, 0.2) is 0 Å². The maximum atomic E-state index is 10.7. The molecule has 0 amide bonds. The van der Waals surface area contributed by atoms with Gasteiger partial charge in [-0.1, -0.05) is 56.0 Å². The quantitative estimate of drug-likeness (QED) is 0.798. The van der Waals surface area contributed by atoms with E-state index in [1.807, 2.05) is 18.2 Å². The third-order valence-electron chi connectivity index (χ3n) is 4.50. The van der Waals surface area contributed by atoms with Crippen molar-refractivity contribution in [3.05, 3.63) is 33.8 Å². The molecule has 3 unspecified atom stereocenters. The zero-order valence-electron chi connectivity index (χ0n) is 12.8. The summed E-state index contributed by atoms with van der Waals surface area (Å²) in [7, 11) is 0. The molecule has 2 N–H and O–H groups in total. The fourth-order valence-electron chi connectivity index (χ4n) is 3.33. The zero-order valence-corrected chi connectivity index (χ0v) is 14.3. The maximum absolute atomic E-state index is 10.7. The Morgan fingerprint density at radius 3 is 2.76 bits per heavy atom. The zero-order chi connectivity index (χ0) is 15.5. The van der Waals surface area contributed by atoms with Gasteiger partial charge in [0.05, 0.1) is 15.6 Å². The molecule has 1 aliphatic carbocycles. The van der Waals surface area contributed by atoms with Gasteiger partial charge >= 0.3 is 0 Å². The Bertz CT molecular complexity index is 480. The molecule has 1 fully saturated rings. The summed E-state index contributed by atoms with van der Waals surface area (Å²) >= 11 is 12.1. The number of benzene rings is 1. The number of aliphatic hydroxyl groups is 1. The van der Waals surface area contributed by atoms with Gasteiger partial charge in [0.1, 0.15) is 0 Å². The van der Waals surface area contributed by atoms with Gasteiger partial charge in [-0.3, -0.25) is 0 Å². The predicted molar refractivity (Wildman–Crippen MR) is 90.1 cm³/mol. The van der Waals surface area contributed by atoms with E-state index in [1.165, 1.54) is 6.42 Å². The van der Waals surface area contributed by atoms with Crippen molar-refractivity contribution in [2.45, 2.75) is 57.6 Å². The summed E-state index contributed by atoms with van der Waals surface area (Å²) in [6, 6.07) is 5.95. The van der Waals surface area contributed by atoms with Crippen molar-refractivity contribution in [2.75, 3.05) is 6.54 Å². The average molecular weight is 330 g/mol. The average Bonchev–Trinajstić information content (AvgIpc) is 2.43. The van der Waals surface area contributed by atoms with Crippen LogP contribution in [-0.2, 0) is 0 Å². The number of hydrogen-bond donors (Lipinski definition) is 2. The smallest absolute Gasteiger partial charge is 0.0774 e. The summed E-state index contributed by atoms with van der Waals surface area (Å²) < 4.78 is 0. The van der Waals surface area contributed by atoms with Gasteiger partial charge in [0.2, 0.25) is 0 Å². The Morgan fingerprint density at radius 2 is 2.14 bits per heavy atom. The fourth-order valence-corrected chi connectivity index (χ4v) is 3.64. The van der Waals surface area contributed by atoms with E-state index >= 15 is 0 Å². The SMILES string of the molecule is CCC(NCC1(O)CCCC(C)C1)c1ccc(Cl)c(Cl)c1. The van der Waals surface area contributed by atoms with Crippen LogP contribution in [-0.4, -0.2) is 17.3 Å². The normalized spacial score (nSPS) is 27.6. The van der Waals surface area contributed by atoms with E-state index in [0.717, 1.165) is 31.2 Å². The van der Waals surface area contributed by atoms with E-state index < -0.39 is 5.60 Å². The van der Waals surface area contributed by atoms with E-state index in [4.69, 9.17) is 23.2 Å². The molecular weight excluding hydrogens is 305 g/mol. The van der Waals surface area contributed by atoms with Crippen molar-refractivity contribution < 1.29 is 5.11 Å². The van der Waals surface area contributed by atoms with Gasteiger partial charge in [-0.15, -0.1) is 0 Å². The summed E-state index contributed by atoms with van der Waals surface area (Å²) in [5.74, 6) is 0.607. The number of rotatable bonds is 5. The molecule has 0 spiro atoms. The lowest BCUT2D eigenvalue weighted by Crippen LogP contribution is -2.45. The molecule has 1 aliphatic rings. The fraction of sp³-hybridized carbons (Fsp3) is 0.647. The molecule has 2 rings (SSSR count). The molecule has 1 aromatic rings. The highest BCUT2D eigenvalue weighted by Gasteiger charge is 2.32. The first-order valence-electron chi connectivity index (χ1n) is 7.84. The molecule has 0 aromatic heterocycles. The van der Waals surface area contributed by atoms with E-state index in [0.29, 0.717) is 22.5 Å². The Hall–Kier alpha value is -0.280. The van der Waals surface area contributed by atoms with E-state index in [9.17, 15) is 5.11 Å². The van der Waals surface area contributed by atoms with Crippen LogP contribution >= 0.6 is 23.2 Å². The number of halogens is 2. The molecule has 21 heavy (non-hydrogen) atoms. The predicted octanol–water partition coefficient (Wildman–Crippen LogP) is 4.98. The van der Waals surface area contributed by atoms with Gasteiger partial charge in [-0.05, 0) is 42.9 Å². The van der Waals surface area contributed by atoms with Gasteiger partial charge in [0, 0.05) is 12.6 Å². The summed E-state index contributed by atoms with van der Waals surface area (Å²) in [4.78, 5) is 0. The molecule has 118 valence electrons. The highest BCUT2D eigenvalue weighted by Crippen LogP contribution is 2.33. The van der Waals surface area contributed by atoms with Crippen LogP contribution < -0.4 is 5.32 Å². The van der Waals surface area contributed by atoms with Crippen molar-refractivity contribution in [3.63, 3.8) is 0 Å². The highest BCUT2D eigenvalue weighted by atomic mass is 35.5. The van der Waals surface area contributed by atoms with Crippen molar-refractivity contribution in [1.82, 2.24) is 5.32 Å². The first-order valence-corrected chi connectivity index (χ1v) is 8.60. The van der Waals surface area contributed by atoms with Crippen LogP contribution in [0.15, 0.2) is 18.2 Å². The van der Waals surface area contributed by atoms with Gasteiger partial charge in [-0.25, -0.2) is 0 Å². The molecule has 0 bridgehead atoms. The molecular formula is C17H25Cl2NO. The van der Waals surface area contributed by atoms with E-state index in [2.05, 4.69) is 19.2 Å². The summed E-state index contributed by atoms with van der Waals surface area (Å²) in [5.41, 5.74) is 0.556. The molecule has 4 heteroatoms. The first kappa shape index (κ1) is 17.1. The molecule has 0 aliphatic heterocycles. The topological polar surface area (TPSA) is 32.3 Å². The second-order valence-corrected chi connectivity index (χ2v) is 7.26. The Balaban J connectivity index is 2.00. The van der Waals surface area contributed by atoms with Crippen LogP contribution in [0.4, 0.5) is 0 Å². The van der Waals surface area contributed by atoms with Crippen molar-refractivity contribution in [3.8, 4) is 0 Å². The van der Waals surface area contributed by atoms with Crippen molar-refractivity contribution in [1.29, 1.82) is 0 Å². The summed E-state index contributed by atoms with van der Waals surface area (Å²) in [5, 5.41) is 15.4. The van der Waals surface area contributed by atoms with Crippen molar-refractivity contribution in [2.24, 2.45) is 5.92 Å². The molecule has 1 saturated carbocycles. The van der Waals surface area contributed by atoms with Crippen LogP contribution in [0.5, 0.6) is 0 Å². The van der Waals surface area contributed by atoms with Crippen LogP contribution in [0, 0.1) is 5.92 Å². The molecule has 0 heterocycles. The maximum Gasteiger partial charge on any atom is 0.0774 e. The lowest BCUT2D eigenvalue weighted by atomic mass is 9.79. The Labute approximate surface area is 137 Å². The van der Waals surface area contributed by atoms with Crippen molar-refractivity contribution >= 4 is 23.2 Å². The number of hydrogen-bond acceptors (Lipinski definition) is 2.